The highest BCUT2D eigenvalue weighted by molar-refractivity contribution is 6.30. The van der Waals surface area contributed by atoms with E-state index in [1.165, 1.54) is 0 Å². The van der Waals surface area contributed by atoms with E-state index >= 15 is 0 Å². The first kappa shape index (κ1) is 14.6. The molecule has 2 heterocycles. The van der Waals surface area contributed by atoms with Crippen LogP contribution in [0, 0.1) is 6.92 Å². The van der Waals surface area contributed by atoms with Crippen LogP contribution in [0.3, 0.4) is 0 Å². The lowest BCUT2D eigenvalue weighted by Crippen LogP contribution is -2.31. The number of hydrogen-bond acceptors (Lipinski definition) is 4. The first-order valence-electron chi connectivity index (χ1n) is 7.24. The number of aryl methyl sites for hydroxylation is 1. The van der Waals surface area contributed by atoms with Gasteiger partial charge >= 0.3 is 0 Å². The van der Waals surface area contributed by atoms with Gasteiger partial charge in [-0.05, 0) is 44.5 Å². The van der Waals surface area contributed by atoms with E-state index in [-0.39, 0.29) is 12.6 Å². The Balaban J connectivity index is 1.81. The van der Waals surface area contributed by atoms with Gasteiger partial charge in [0.2, 0.25) is 5.89 Å². The maximum atomic E-state index is 9.40. The number of benzene rings is 1. The molecule has 1 aromatic carbocycles. The van der Waals surface area contributed by atoms with Crippen molar-refractivity contribution in [3.8, 4) is 11.5 Å². The Morgan fingerprint density at radius 2 is 2.33 bits per heavy atom. The molecule has 1 saturated heterocycles. The molecule has 3 rings (SSSR count). The maximum absolute atomic E-state index is 9.40. The van der Waals surface area contributed by atoms with E-state index in [1.807, 2.05) is 31.2 Å². The molecule has 1 atom stereocenters. The predicted molar refractivity (Wildman–Crippen MR) is 82.2 cm³/mol. The molecule has 1 aliphatic rings. The third kappa shape index (κ3) is 3.12. The Labute approximate surface area is 129 Å². The average Bonchev–Trinajstić information content (AvgIpc) is 3.06. The topological polar surface area (TPSA) is 49.5 Å². The number of rotatable bonds is 4. The Hall–Kier alpha value is -1.36. The van der Waals surface area contributed by atoms with Crippen LogP contribution in [-0.4, -0.2) is 34.2 Å². The van der Waals surface area contributed by atoms with Gasteiger partial charge in [0.25, 0.3) is 0 Å². The summed E-state index contributed by atoms with van der Waals surface area (Å²) in [5, 5.41) is 10.1. The molecule has 0 saturated carbocycles. The van der Waals surface area contributed by atoms with Crippen LogP contribution in [0.15, 0.2) is 28.7 Å². The first-order valence-corrected chi connectivity index (χ1v) is 7.62. The van der Waals surface area contributed by atoms with Gasteiger partial charge in [-0.1, -0.05) is 17.7 Å². The number of aliphatic hydroxyl groups excluding tert-OH is 1. The molecule has 21 heavy (non-hydrogen) atoms. The zero-order valence-corrected chi connectivity index (χ0v) is 12.8. The van der Waals surface area contributed by atoms with Crippen molar-refractivity contribution in [2.75, 3.05) is 13.2 Å². The lowest BCUT2D eigenvalue weighted by atomic mass is 10.2. The van der Waals surface area contributed by atoms with E-state index in [0.717, 1.165) is 42.9 Å². The summed E-state index contributed by atoms with van der Waals surface area (Å²) in [6, 6.07) is 7.75. The van der Waals surface area contributed by atoms with Crippen molar-refractivity contribution >= 4 is 11.6 Å². The van der Waals surface area contributed by atoms with Crippen LogP contribution in [-0.2, 0) is 6.54 Å². The zero-order chi connectivity index (χ0) is 14.8. The van der Waals surface area contributed by atoms with E-state index in [1.54, 1.807) is 0 Å². The fourth-order valence-electron chi connectivity index (χ4n) is 2.82. The molecule has 4 nitrogen and oxygen atoms in total. The minimum Gasteiger partial charge on any atom is -0.441 e. The van der Waals surface area contributed by atoms with Gasteiger partial charge in [-0.25, -0.2) is 4.98 Å². The number of oxazole rings is 1. The third-order valence-corrected chi connectivity index (χ3v) is 4.26. The number of nitrogens with zero attached hydrogens (tertiary/aromatic N) is 2. The number of aliphatic hydroxyl groups is 1. The van der Waals surface area contributed by atoms with E-state index < -0.39 is 0 Å². The van der Waals surface area contributed by atoms with Gasteiger partial charge in [-0.15, -0.1) is 0 Å². The lowest BCUT2D eigenvalue weighted by Gasteiger charge is -2.21. The van der Waals surface area contributed by atoms with Crippen LogP contribution in [0.2, 0.25) is 5.02 Å². The van der Waals surface area contributed by atoms with E-state index in [2.05, 4.69) is 9.88 Å². The second-order valence-electron chi connectivity index (χ2n) is 5.48. The Morgan fingerprint density at radius 1 is 1.48 bits per heavy atom. The minimum absolute atomic E-state index is 0.206. The molecular weight excluding hydrogens is 288 g/mol. The highest BCUT2D eigenvalue weighted by Crippen LogP contribution is 2.26. The van der Waals surface area contributed by atoms with Gasteiger partial charge in [0, 0.05) is 23.2 Å². The van der Waals surface area contributed by atoms with Gasteiger partial charge < -0.3 is 9.52 Å². The van der Waals surface area contributed by atoms with Gasteiger partial charge in [-0.3, -0.25) is 4.90 Å². The standard InChI is InChI=1S/C16H19ClN2O2/c1-11-15(9-19-7-3-6-14(19)10-20)18-16(21-11)12-4-2-5-13(17)8-12/h2,4-5,8,14,20H,3,6-7,9-10H2,1H3/t14-/m0/s1. The highest BCUT2D eigenvalue weighted by atomic mass is 35.5. The monoisotopic (exact) mass is 306 g/mol. The molecule has 1 N–H and O–H groups in total. The Bertz CT molecular complexity index is 626. The van der Waals surface area contributed by atoms with Crippen molar-refractivity contribution in [2.45, 2.75) is 32.4 Å². The fourth-order valence-corrected chi connectivity index (χ4v) is 3.01. The molecule has 1 fully saturated rings. The summed E-state index contributed by atoms with van der Waals surface area (Å²) in [5.74, 6) is 1.43. The van der Waals surface area contributed by atoms with Crippen molar-refractivity contribution in [3.05, 3.63) is 40.7 Å². The summed E-state index contributed by atoms with van der Waals surface area (Å²) in [6.45, 7) is 3.86. The number of likely N-dealkylation sites (tertiary alicyclic amines) is 1. The molecular formula is C16H19ClN2O2. The number of aromatic nitrogens is 1. The van der Waals surface area contributed by atoms with E-state index in [9.17, 15) is 5.11 Å². The SMILES string of the molecule is Cc1oc(-c2cccc(Cl)c2)nc1CN1CCC[C@H]1CO. The number of hydrogen-bond donors (Lipinski definition) is 1. The van der Waals surface area contributed by atoms with Gasteiger partial charge in [0.05, 0.1) is 12.3 Å². The van der Waals surface area contributed by atoms with Gasteiger partial charge in [0.15, 0.2) is 0 Å². The van der Waals surface area contributed by atoms with Crippen LogP contribution in [0.5, 0.6) is 0 Å². The van der Waals surface area contributed by atoms with Crippen LogP contribution < -0.4 is 0 Å². The summed E-state index contributed by atoms with van der Waals surface area (Å²) < 4.78 is 5.78. The second kappa shape index (κ2) is 6.18. The molecule has 0 bridgehead atoms. The zero-order valence-electron chi connectivity index (χ0n) is 12.1. The van der Waals surface area contributed by atoms with Gasteiger partial charge in [0.1, 0.15) is 5.76 Å². The fraction of sp³-hybridized carbons (Fsp3) is 0.438. The van der Waals surface area contributed by atoms with Crippen LogP contribution in [0.4, 0.5) is 0 Å². The largest absolute Gasteiger partial charge is 0.441 e. The van der Waals surface area contributed by atoms with E-state index in [4.69, 9.17) is 16.0 Å². The molecule has 0 spiro atoms. The lowest BCUT2D eigenvalue weighted by molar-refractivity contribution is 0.152. The smallest absolute Gasteiger partial charge is 0.226 e. The molecule has 0 amide bonds. The quantitative estimate of drug-likeness (QED) is 0.942. The van der Waals surface area contributed by atoms with Crippen LogP contribution >= 0.6 is 11.6 Å². The Morgan fingerprint density at radius 3 is 3.10 bits per heavy atom. The van der Waals surface area contributed by atoms with Gasteiger partial charge in [-0.2, -0.15) is 0 Å². The summed E-state index contributed by atoms with van der Waals surface area (Å²) in [4.78, 5) is 6.88. The minimum atomic E-state index is 0.206. The molecule has 2 aromatic rings. The molecule has 1 aliphatic heterocycles. The molecule has 112 valence electrons. The second-order valence-corrected chi connectivity index (χ2v) is 5.92. The molecule has 0 aliphatic carbocycles. The highest BCUT2D eigenvalue weighted by Gasteiger charge is 2.25. The van der Waals surface area contributed by atoms with E-state index in [0.29, 0.717) is 10.9 Å². The van der Waals surface area contributed by atoms with Crippen molar-refractivity contribution in [1.82, 2.24) is 9.88 Å². The third-order valence-electron chi connectivity index (χ3n) is 4.03. The normalized spacial score (nSPS) is 19.3. The predicted octanol–water partition coefficient (Wildman–Crippen LogP) is 3.26. The molecule has 5 heteroatoms. The average molecular weight is 307 g/mol. The van der Waals surface area contributed by atoms with Crippen molar-refractivity contribution < 1.29 is 9.52 Å². The summed E-state index contributed by atoms with van der Waals surface area (Å²) >= 11 is 6.01. The Kier molecular flexibility index (Phi) is 4.29. The maximum Gasteiger partial charge on any atom is 0.226 e. The van der Waals surface area contributed by atoms with Crippen molar-refractivity contribution in [2.24, 2.45) is 0 Å². The molecule has 0 radical (unpaired) electrons. The summed E-state index contributed by atoms with van der Waals surface area (Å²) in [7, 11) is 0. The van der Waals surface area contributed by atoms with Crippen molar-refractivity contribution in [3.63, 3.8) is 0 Å². The molecule has 1 aromatic heterocycles. The van der Waals surface area contributed by atoms with Crippen LogP contribution in [0.1, 0.15) is 24.3 Å². The summed E-state index contributed by atoms with van der Waals surface area (Å²) in [5.41, 5.74) is 1.82. The summed E-state index contributed by atoms with van der Waals surface area (Å²) in [6.07, 6.45) is 2.18. The van der Waals surface area contributed by atoms with Crippen LogP contribution in [0.25, 0.3) is 11.5 Å². The molecule has 0 unspecified atom stereocenters. The number of halogens is 1. The first-order chi connectivity index (χ1) is 10.2. The van der Waals surface area contributed by atoms with Crippen molar-refractivity contribution in [1.29, 1.82) is 0 Å².